The van der Waals surface area contributed by atoms with Crippen molar-refractivity contribution in [3.05, 3.63) is 71.7 Å². The minimum absolute atomic E-state index is 0.231. The lowest BCUT2D eigenvalue weighted by Gasteiger charge is -2.10. The number of anilines is 1. The molecule has 0 aliphatic rings. The van der Waals surface area contributed by atoms with Crippen LogP contribution in [-0.4, -0.2) is 4.98 Å². The molecule has 0 fully saturated rings. The average Bonchev–Trinajstić information content (AvgIpc) is 2.44. The summed E-state index contributed by atoms with van der Waals surface area (Å²) in [4.78, 5) is 4.52. The van der Waals surface area contributed by atoms with Gasteiger partial charge < -0.3 is 5.32 Å². The molecule has 0 saturated carbocycles. The molecule has 100 valence electrons. The van der Waals surface area contributed by atoms with Gasteiger partial charge in [0.05, 0.1) is 5.52 Å². The normalized spacial score (nSPS) is 10.7. The molecule has 3 aromatic rings. The van der Waals surface area contributed by atoms with Gasteiger partial charge in [-0.1, -0.05) is 24.3 Å². The molecule has 0 saturated heterocycles. The third-order valence-electron chi connectivity index (χ3n) is 3.24. The minimum atomic E-state index is -0.231. The van der Waals surface area contributed by atoms with E-state index in [0.717, 1.165) is 27.8 Å². The Hall–Kier alpha value is -2.42. The smallest absolute Gasteiger partial charge is 0.125 e. The highest BCUT2D eigenvalue weighted by molar-refractivity contribution is 5.82. The minimum Gasteiger partial charge on any atom is -0.381 e. The topological polar surface area (TPSA) is 24.9 Å². The molecular formula is C17H15FN2. The Morgan fingerprint density at radius 1 is 1.05 bits per heavy atom. The van der Waals surface area contributed by atoms with E-state index in [1.54, 1.807) is 6.07 Å². The predicted octanol–water partition coefficient (Wildman–Crippen LogP) is 4.29. The molecule has 0 radical (unpaired) electrons. The molecule has 0 bridgehead atoms. The first-order chi connectivity index (χ1) is 9.72. The highest BCUT2D eigenvalue weighted by Gasteiger charge is 2.03. The Labute approximate surface area is 117 Å². The Morgan fingerprint density at radius 3 is 2.75 bits per heavy atom. The molecule has 20 heavy (non-hydrogen) atoms. The highest BCUT2D eigenvalue weighted by Crippen LogP contribution is 2.19. The molecule has 2 aromatic carbocycles. The molecule has 3 rings (SSSR count). The molecule has 1 aromatic heterocycles. The van der Waals surface area contributed by atoms with Gasteiger partial charge in [0.2, 0.25) is 0 Å². The van der Waals surface area contributed by atoms with Crippen LogP contribution in [0.15, 0.2) is 54.6 Å². The standard InChI is InChI=1S/C17H15FN2/c1-12-9-13(16-7-2-3-8-17(16)20-12)11-19-15-6-4-5-14(18)10-15/h2-10,19H,11H2,1H3. The number of fused-ring (bicyclic) bond motifs is 1. The van der Waals surface area contributed by atoms with Crippen LogP contribution in [0.3, 0.4) is 0 Å². The van der Waals surface area contributed by atoms with E-state index in [-0.39, 0.29) is 5.82 Å². The molecule has 2 nitrogen and oxygen atoms in total. The first kappa shape index (κ1) is 12.6. The van der Waals surface area contributed by atoms with E-state index in [1.807, 2.05) is 31.2 Å². The number of rotatable bonds is 3. The quantitative estimate of drug-likeness (QED) is 0.764. The fourth-order valence-corrected chi connectivity index (χ4v) is 2.34. The second kappa shape index (κ2) is 5.29. The largest absolute Gasteiger partial charge is 0.381 e. The monoisotopic (exact) mass is 266 g/mol. The van der Waals surface area contributed by atoms with Crippen LogP contribution in [0.1, 0.15) is 11.3 Å². The molecule has 1 N–H and O–H groups in total. The lowest BCUT2D eigenvalue weighted by Crippen LogP contribution is -2.01. The van der Waals surface area contributed by atoms with Crippen molar-refractivity contribution >= 4 is 16.6 Å². The van der Waals surface area contributed by atoms with Gasteiger partial charge in [0, 0.05) is 23.3 Å². The van der Waals surface area contributed by atoms with Gasteiger partial charge in [-0.25, -0.2) is 4.39 Å². The van der Waals surface area contributed by atoms with Gasteiger partial charge in [-0.05, 0) is 42.8 Å². The van der Waals surface area contributed by atoms with Crippen LogP contribution in [0.2, 0.25) is 0 Å². The maximum atomic E-state index is 13.2. The van der Waals surface area contributed by atoms with E-state index < -0.39 is 0 Å². The summed E-state index contributed by atoms with van der Waals surface area (Å²) in [7, 11) is 0. The van der Waals surface area contributed by atoms with Gasteiger partial charge in [-0.2, -0.15) is 0 Å². The van der Waals surface area contributed by atoms with Crippen molar-refractivity contribution in [2.24, 2.45) is 0 Å². The van der Waals surface area contributed by atoms with Gasteiger partial charge in [-0.15, -0.1) is 0 Å². The first-order valence-electron chi connectivity index (χ1n) is 6.57. The third kappa shape index (κ3) is 2.62. The molecule has 0 spiro atoms. The highest BCUT2D eigenvalue weighted by atomic mass is 19.1. The van der Waals surface area contributed by atoms with Crippen LogP contribution in [0.5, 0.6) is 0 Å². The molecule has 3 heteroatoms. The average molecular weight is 266 g/mol. The summed E-state index contributed by atoms with van der Waals surface area (Å²) in [6.45, 7) is 2.63. The van der Waals surface area contributed by atoms with Crippen LogP contribution in [0, 0.1) is 12.7 Å². The van der Waals surface area contributed by atoms with Crippen LogP contribution in [-0.2, 0) is 6.54 Å². The van der Waals surface area contributed by atoms with E-state index in [2.05, 4.69) is 22.4 Å². The fraction of sp³-hybridized carbons (Fsp3) is 0.118. The van der Waals surface area contributed by atoms with Gasteiger partial charge in [-0.3, -0.25) is 4.98 Å². The van der Waals surface area contributed by atoms with Crippen LogP contribution < -0.4 is 5.32 Å². The number of hydrogen-bond acceptors (Lipinski definition) is 2. The molecule has 0 atom stereocenters. The Balaban J connectivity index is 1.91. The number of halogens is 1. The molecular weight excluding hydrogens is 251 g/mol. The first-order valence-corrected chi connectivity index (χ1v) is 6.57. The van der Waals surface area contributed by atoms with Crippen molar-refractivity contribution < 1.29 is 4.39 Å². The zero-order valence-corrected chi connectivity index (χ0v) is 11.2. The second-order valence-corrected chi connectivity index (χ2v) is 4.80. The lowest BCUT2D eigenvalue weighted by atomic mass is 10.1. The molecule has 0 unspecified atom stereocenters. The summed E-state index contributed by atoms with van der Waals surface area (Å²) in [6.07, 6.45) is 0. The van der Waals surface area contributed by atoms with Crippen molar-refractivity contribution in [2.75, 3.05) is 5.32 Å². The van der Waals surface area contributed by atoms with E-state index in [0.29, 0.717) is 6.54 Å². The van der Waals surface area contributed by atoms with Gasteiger partial charge in [0.1, 0.15) is 5.82 Å². The van der Waals surface area contributed by atoms with Crippen molar-refractivity contribution in [1.29, 1.82) is 0 Å². The zero-order chi connectivity index (χ0) is 13.9. The maximum absolute atomic E-state index is 13.2. The van der Waals surface area contributed by atoms with Crippen molar-refractivity contribution in [3.8, 4) is 0 Å². The lowest BCUT2D eigenvalue weighted by molar-refractivity contribution is 0.628. The Kier molecular flexibility index (Phi) is 3.33. The number of pyridine rings is 1. The Bertz CT molecular complexity index is 753. The van der Waals surface area contributed by atoms with Crippen LogP contribution in [0.25, 0.3) is 10.9 Å². The van der Waals surface area contributed by atoms with Crippen LogP contribution >= 0.6 is 0 Å². The summed E-state index contributed by atoms with van der Waals surface area (Å²) in [6, 6.07) is 16.6. The van der Waals surface area contributed by atoms with E-state index in [4.69, 9.17) is 0 Å². The summed E-state index contributed by atoms with van der Waals surface area (Å²) in [5.41, 5.74) is 3.92. The zero-order valence-electron chi connectivity index (χ0n) is 11.2. The maximum Gasteiger partial charge on any atom is 0.125 e. The molecule has 1 heterocycles. The van der Waals surface area contributed by atoms with Gasteiger partial charge in [0.25, 0.3) is 0 Å². The van der Waals surface area contributed by atoms with Crippen molar-refractivity contribution in [2.45, 2.75) is 13.5 Å². The number of hydrogen-bond donors (Lipinski definition) is 1. The molecule has 0 amide bonds. The molecule has 0 aliphatic carbocycles. The Morgan fingerprint density at radius 2 is 1.90 bits per heavy atom. The summed E-state index contributed by atoms with van der Waals surface area (Å²) in [5, 5.41) is 4.38. The third-order valence-corrected chi connectivity index (χ3v) is 3.24. The number of aryl methyl sites for hydroxylation is 1. The summed E-state index contributed by atoms with van der Waals surface area (Å²) in [5.74, 6) is -0.231. The van der Waals surface area contributed by atoms with E-state index >= 15 is 0 Å². The number of aromatic nitrogens is 1. The van der Waals surface area contributed by atoms with Gasteiger partial charge >= 0.3 is 0 Å². The fourth-order valence-electron chi connectivity index (χ4n) is 2.34. The number of para-hydroxylation sites is 1. The van der Waals surface area contributed by atoms with Crippen LogP contribution in [0.4, 0.5) is 10.1 Å². The summed E-state index contributed by atoms with van der Waals surface area (Å²) < 4.78 is 13.2. The number of nitrogens with zero attached hydrogens (tertiary/aromatic N) is 1. The molecule has 0 aliphatic heterocycles. The van der Waals surface area contributed by atoms with E-state index in [9.17, 15) is 4.39 Å². The van der Waals surface area contributed by atoms with Crippen molar-refractivity contribution in [3.63, 3.8) is 0 Å². The summed E-state index contributed by atoms with van der Waals surface area (Å²) >= 11 is 0. The van der Waals surface area contributed by atoms with Crippen molar-refractivity contribution in [1.82, 2.24) is 4.98 Å². The van der Waals surface area contributed by atoms with E-state index in [1.165, 1.54) is 12.1 Å². The SMILES string of the molecule is Cc1cc(CNc2cccc(F)c2)c2ccccc2n1. The second-order valence-electron chi connectivity index (χ2n) is 4.80. The number of nitrogens with one attached hydrogen (secondary N) is 1. The predicted molar refractivity (Wildman–Crippen MR) is 80.2 cm³/mol. The van der Waals surface area contributed by atoms with Gasteiger partial charge in [0.15, 0.2) is 0 Å². The number of benzene rings is 2.